The summed E-state index contributed by atoms with van der Waals surface area (Å²) in [5.41, 5.74) is 0.789. The molecule has 0 aliphatic carbocycles. The number of nitro groups is 1. The van der Waals surface area contributed by atoms with Crippen LogP contribution in [-0.4, -0.2) is 4.92 Å². The number of nitro benzene ring substituents is 1. The Morgan fingerprint density at radius 2 is 1.90 bits per heavy atom. The average molecular weight is 313 g/mol. The second-order valence-electron chi connectivity index (χ2n) is 4.38. The van der Waals surface area contributed by atoms with Crippen LogP contribution in [-0.2, 0) is 13.1 Å². The van der Waals surface area contributed by atoms with E-state index < -0.39 is 16.6 Å². The molecule has 0 atom stereocenters. The molecule has 0 amide bonds. The summed E-state index contributed by atoms with van der Waals surface area (Å²) in [5.74, 6) is -1.27. The molecule has 0 radical (unpaired) electrons. The van der Waals surface area contributed by atoms with Gasteiger partial charge in [0.05, 0.1) is 4.92 Å². The van der Waals surface area contributed by atoms with E-state index in [4.69, 9.17) is 11.6 Å². The van der Waals surface area contributed by atoms with Crippen molar-refractivity contribution < 1.29 is 13.7 Å². The summed E-state index contributed by atoms with van der Waals surface area (Å²) in [6.45, 7) is 0.483. The van der Waals surface area contributed by atoms with Crippen LogP contribution in [0, 0.1) is 21.7 Å². The zero-order valence-corrected chi connectivity index (χ0v) is 11.5. The van der Waals surface area contributed by atoms with Crippen molar-refractivity contribution in [3.05, 3.63) is 74.3 Å². The monoisotopic (exact) mass is 312 g/mol. The van der Waals surface area contributed by atoms with E-state index >= 15 is 0 Å². The number of hydrogen-bond donors (Lipinski definition) is 1. The fourth-order valence-corrected chi connectivity index (χ4v) is 2.00. The fourth-order valence-electron chi connectivity index (χ4n) is 1.81. The van der Waals surface area contributed by atoms with Gasteiger partial charge in [-0.3, -0.25) is 10.1 Å². The summed E-state index contributed by atoms with van der Waals surface area (Å²) in [7, 11) is 0. The average Bonchev–Trinajstić information content (AvgIpc) is 2.42. The van der Waals surface area contributed by atoms with Crippen LogP contribution in [0.25, 0.3) is 0 Å². The van der Waals surface area contributed by atoms with Gasteiger partial charge in [0, 0.05) is 30.8 Å². The SMILES string of the molecule is O=[N+]([O-])c1cc(CNCc2ccc(F)cc2F)ccc1Cl. The van der Waals surface area contributed by atoms with Crippen molar-refractivity contribution in [1.29, 1.82) is 0 Å². The molecule has 1 N–H and O–H groups in total. The molecule has 2 aromatic rings. The lowest BCUT2D eigenvalue weighted by Gasteiger charge is -2.07. The van der Waals surface area contributed by atoms with Crippen LogP contribution in [0.2, 0.25) is 5.02 Å². The highest BCUT2D eigenvalue weighted by Crippen LogP contribution is 2.25. The Morgan fingerprint density at radius 1 is 1.14 bits per heavy atom. The second kappa shape index (κ2) is 6.60. The van der Waals surface area contributed by atoms with Crippen molar-refractivity contribution in [2.45, 2.75) is 13.1 Å². The van der Waals surface area contributed by atoms with Gasteiger partial charge in [0.25, 0.3) is 5.69 Å². The van der Waals surface area contributed by atoms with E-state index in [-0.39, 0.29) is 17.3 Å². The standard InChI is InChI=1S/C14H11ClF2N2O2/c15-12-4-1-9(5-14(12)19(20)21)7-18-8-10-2-3-11(16)6-13(10)17/h1-6,18H,7-8H2. The summed E-state index contributed by atoms with van der Waals surface area (Å²) < 4.78 is 26.2. The lowest BCUT2D eigenvalue weighted by atomic mass is 10.1. The van der Waals surface area contributed by atoms with Crippen LogP contribution in [0.15, 0.2) is 36.4 Å². The molecule has 0 fully saturated rings. The molecule has 7 heteroatoms. The minimum absolute atomic E-state index is 0.0633. The van der Waals surface area contributed by atoms with Gasteiger partial charge in [0.1, 0.15) is 16.7 Å². The molecule has 0 aliphatic rings. The molecule has 21 heavy (non-hydrogen) atoms. The van der Waals surface area contributed by atoms with Crippen LogP contribution in [0.5, 0.6) is 0 Å². The summed E-state index contributed by atoms with van der Waals surface area (Å²) in [6.07, 6.45) is 0. The van der Waals surface area contributed by atoms with E-state index in [2.05, 4.69) is 5.32 Å². The zero-order valence-electron chi connectivity index (χ0n) is 10.8. The number of halogens is 3. The third-order valence-electron chi connectivity index (χ3n) is 2.87. The molecule has 4 nitrogen and oxygen atoms in total. The highest BCUT2D eigenvalue weighted by Gasteiger charge is 2.12. The van der Waals surface area contributed by atoms with Gasteiger partial charge in [-0.1, -0.05) is 23.7 Å². The lowest BCUT2D eigenvalue weighted by molar-refractivity contribution is -0.384. The maximum atomic E-state index is 13.4. The number of nitrogens with one attached hydrogen (secondary N) is 1. The minimum Gasteiger partial charge on any atom is -0.309 e. The van der Waals surface area contributed by atoms with E-state index in [1.54, 1.807) is 6.07 Å². The van der Waals surface area contributed by atoms with Gasteiger partial charge in [-0.25, -0.2) is 8.78 Å². The van der Waals surface area contributed by atoms with Crippen LogP contribution in [0.4, 0.5) is 14.5 Å². The molecule has 0 saturated heterocycles. The van der Waals surface area contributed by atoms with E-state index in [9.17, 15) is 18.9 Å². The van der Waals surface area contributed by atoms with Gasteiger partial charge in [0.2, 0.25) is 0 Å². The Bertz CT molecular complexity index is 680. The van der Waals surface area contributed by atoms with Gasteiger partial charge < -0.3 is 5.32 Å². The highest BCUT2D eigenvalue weighted by molar-refractivity contribution is 6.32. The summed E-state index contributed by atoms with van der Waals surface area (Å²) in [6, 6.07) is 7.77. The second-order valence-corrected chi connectivity index (χ2v) is 4.79. The van der Waals surface area contributed by atoms with Gasteiger partial charge in [-0.05, 0) is 17.7 Å². The van der Waals surface area contributed by atoms with Crippen molar-refractivity contribution in [3.63, 3.8) is 0 Å². The maximum Gasteiger partial charge on any atom is 0.288 e. The molecule has 2 rings (SSSR count). The predicted molar refractivity (Wildman–Crippen MR) is 75.0 cm³/mol. The van der Waals surface area contributed by atoms with Crippen LogP contribution in [0.3, 0.4) is 0 Å². The number of nitrogens with zero attached hydrogens (tertiary/aromatic N) is 1. The molecule has 110 valence electrons. The summed E-state index contributed by atoms with van der Waals surface area (Å²) in [5, 5.41) is 13.8. The molecule has 0 aromatic heterocycles. The van der Waals surface area contributed by atoms with Crippen LogP contribution >= 0.6 is 11.6 Å². The number of benzene rings is 2. The molecule has 0 spiro atoms. The van der Waals surface area contributed by atoms with Gasteiger partial charge in [-0.15, -0.1) is 0 Å². The Morgan fingerprint density at radius 3 is 2.57 bits per heavy atom. The molecule has 0 unspecified atom stereocenters. The minimum atomic E-state index is -0.635. The van der Waals surface area contributed by atoms with Gasteiger partial charge >= 0.3 is 0 Å². The first kappa shape index (κ1) is 15.3. The van der Waals surface area contributed by atoms with E-state index in [0.717, 1.165) is 6.07 Å². The number of rotatable bonds is 5. The van der Waals surface area contributed by atoms with Crippen molar-refractivity contribution >= 4 is 17.3 Å². The fraction of sp³-hybridized carbons (Fsp3) is 0.143. The lowest BCUT2D eigenvalue weighted by Crippen LogP contribution is -2.14. The molecule has 2 aromatic carbocycles. The Labute approximate surface area is 124 Å². The smallest absolute Gasteiger partial charge is 0.288 e. The first-order valence-corrected chi connectivity index (χ1v) is 6.42. The Kier molecular flexibility index (Phi) is 4.82. The molecular weight excluding hydrogens is 302 g/mol. The molecule has 0 heterocycles. The van der Waals surface area contributed by atoms with E-state index in [0.29, 0.717) is 17.7 Å². The zero-order chi connectivity index (χ0) is 15.4. The normalized spacial score (nSPS) is 10.6. The predicted octanol–water partition coefficient (Wildman–Crippen LogP) is 3.82. The first-order valence-electron chi connectivity index (χ1n) is 6.05. The first-order chi connectivity index (χ1) is 9.97. The van der Waals surface area contributed by atoms with Crippen molar-refractivity contribution in [2.75, 3.05) is 0 Å². The third kappa shape index (κ3) is 3.96. The van der Waals surface area contributed by atoms with E-state index in [1.165, 1.54) is 24.3 Å². The molecule has 0 aliphatic heterocycles. The largest absolute Gasteiger partial charge is 0.309 e. The molecule has 0 bridgehead atoms. The van der Waals surface area contributed by atoms with E-state index in [1.807, 2.05) is 0 Å². The number of hydrogen-bond acceptors (Lipinski definition) is 3. The van der Waals surface area contributed by atoms with Crippen molar-refractivity contribution in [1.82, 2.24) is 5.32 Å². The topological polar surface area (TPSA) is 55.2 Å². The van der Waals surface area contributed by atoms with Crippen molar-refractivity contribution in [2.24, 2.45) is 0 Å². The third-order valence-corrected chi connectivity index (χ3v) is 3.19. The summed E-state index contributed by atoms with van der Waals surface area (Å²) in [4.78, 5) is 10.2. The van der Waals surface area contributed by atoms with Crippen molar-refractivity contribution in [3.8, 4) is 0 Å². The van der Waals surface area contributed by atoms with Crippen LogP contribution in [0.1, 0.15) is 11.1 Å². The van der Waals surface area contributed by atoms with Gasteiger partial charge in [0.15, 0.2) is 0 Å². The highest BCUT2D eigenvalue weighted by atomic mass is 35.5. The Balaban J connectivity index is 2.00. The maximum absolute atomic E-state index is 13.4. The summed E-state index contributed by atoms with van der Waals surface area (Å²) >= 11 is 5.71. The Hall–Kier alpha value is -2.05. The van der Waals surface area contributed by atoms with Gasteiger partial charge in [-0.2, -0.15) is 0 Å². The quantitative estimate of drug-likeness (QED) is 0.674. The van der Waals surface area contributed by atoms with Crippen LogP contribution < -0.4 is 5.32 Å². The molecule has 0 saturated carbocycles. The molecular formula is C14H11ClF2N2O2.